The highest BCUT2D eigenvalue weighted by atomic mass is 16.5. The van der Waals surface area contributed by atoms with E-state index in [4.69, 9.17) is 4.74 Å². The second-order valence-corrected chi connectivity index (χ2v) is 11.0. The second kappa shape index (κ2) is 9.87. The van der Waals surface area contributed by atoms with E-state index in [1.807, 2.05) is 52.8 Å². The maximum atomic E-state index is 14.7. The van der Waals surface area contributed by atoms with E-state index in [1.165, 1.54) is 4.90 Å². The number of carboxylic acid groups (broad SMARTS) is 1. The number of likely N-dealkylation sites (tertiary alicyclic amines) is 1. The summed E-state index contributed by atoms with van der Waals surface area (Å²) in [5, 5.41) is 20.8. The lowest BCUT2D eigenvalue weighted by atomic mass is 9.65. The molecule has 3 heterocycles. The van der Waals surface area contributed by atoms with E-state index >= 15 is 0 Å². The summed E-state index contributed by atoms with van der Waals surface area (Å²) in [6.45, 7) is 13.4. The molecule has 0 aliphatic carbocycles. The zero-order valence-electron chi connectivity index (χ0n) is 22.6. The fourth-order valence-electron chi connectivity index (χ4n) is 7.28. The van der Waals surface area contributed by atoms with E-state index in [0.29, 0.717) is 25.7 Å². The summed E-state index contributed by atoms with van der Waals surface area (Å²) in [7, 11) is 0. The molecule has 2 unspecified atom stereocenters. The summed E-state index contributed by atoms with van der Waals surface area (Å²) >= 11 is 0. The number of hydrogen-bond donors (Lipinski definition) is 2. The van der Waals surface area contributed by atoms with Gasteiger partial charge in [0.05, 0.1) is 24.2 Å². The Morgan fingerprint density at radius 3 is 2.43 bits per heavy atom. The van der Waals surface area contributed by atoms with Gasteiger partial charge in [-0.05, 0) is 50.2 Å². The monoisotopic (exact) mass is 512 g/mol. The number of carboxylic acids is 1. The number of anilines is 1. The third-order valence-corrected chi connectivity index (χ3v) is 9.25. The SMILES string of the molecule is C=CCN(C(=O)C1N([C@@H](CO)[C@@H](C)CC)C(=O)[C@@H]2[C@@H](C(=O)O)[C@@]3(CC)CCC12O3)c1c(C)cccc1C. The normalized spacial score (nSPS) is 31.8. The van der Waals surface area contributed by atoms with Gasteiger partial charge in [-0.2, -0.15) is 0 Å². The number of hydrogen-bond acceptors (Lipinski definition) is 5. The summed E-state index contributed by atoms with van der Waals surface area (Å²) in [6, 6.07) is 4.12. The van der Waals surface area contributed by atoms with Crippen LogP contribution < -0.4 is 4.90 Å². The van der Waals surface area contributed by atoms with Crippen molar-refractivity contribution in [3.8, 4) is 0 Å². The van der Waals surface area contributed by atoms with E-state index in [9.17, 15) is 24.6 Å². The molecular weight excluding hydrogens is 472 g/mol. The average molecular weight is 513 g/mol. The average Bonchev–Trinajstić information content (AvgIpc) is 3.47. The van der Waals surface area contributed by atoms with Crippen LogP contribution in [0.15, 0.2) is 30.9 Å². The Balaban J connectivity index is 1.92. The molecule has 2 amide bonds. The molecular formula is C29H40N2O6. The number of ether oxygens (including phenoxy) is 1. The molecule has 202 valence electrons. The van der Waals surface area contributed by atoms with Crippen LogP contribution in [0.3, 0.4) is 0 Å². The highest BCUT2D eigenvalue weighted by Gasteiger charge is 2.79. The Morgan fingerprint density at radius 2 is 1.92 bits per heavy atom. The molecule has 37 heavy (non-hydrogen) atoms. The van der Waals surface area contributed by atoms with Crippen molar-refractivity contribution >= 4 is 23.5 Å². The van der Waals surface area contributed by atoms with Crippen molar-refractivity contribution < 1.29 is 29.3 Å². The van der Waals surface area contributed by atoms with Gasteiger partial charge in [-0.1, -0.05) is 51.5 Å². The zero-order valence-corrected chi connectivity index (χ0v) is 22.6. The topological polar surface area (TPSA) is 107 Å². The van der Waals surface area contributed by atoms with E-state index in [1.54, 1.807) is 11.0 Å². The van der Waals surface area contributed by atoms with Crippen LogP contribution in [0.25, 0.3) is 0 Å². The molecule has 3 aliphatic heterocycles. The van der Waals surface area contributed by atoms with Gasteiger partial charge in [-0.3, -0.25) is 14.4 Å². The largest absolute Gasteiger partial charge is 0.481 e. The van der Waals surface area contributed by atoms with Gasteiger partial charge >= 0.3 is 5.97 Å². The fraction of sp³-hybridized carbons (Fsp3) is 0.621. The highest BCUT2D eigenvalue weighted by molar-refractivity contribution is 6.05. The number of carbonyl (C=O) groups is 3. The molecule has 0 saturated carbocycles. The number of nitrogens with zero attached hydrogens (tertiary/aromatic N) is 2. The molecule has 8 nitrogen and oxygen atoms in total. The van der Waals surface area contributed by atoms with Crippen LogP contribution in [0.4, 0.5) is 5.69 Å². The van der Waals surface area contributed by atoms with Gasteiger partial charge in [-0.25, -0.2) is 0 Å². The number of para-hydroxylation sites is 1. The van der Waals surface area contributed by atoms with Gasteiger partial charge in [0.2, 0.25) is 5.91 Å². The first kappa shape index (κ1) is 27.3. The Labute approximate surface area is 219 Å². The predicted octanol–water partition coefficient (Wildman–Crippen LogP) is 3.47. The molecule has 2 bridgehead atoms. The first-order chi connectivity index (χ1) is 17.5. The number of rotatable bonds is 10. The fourth-order valence-corrected chi connectivity index (χ4v) is 7.28. The molecule has 7 atom stereocenters. The predicted molar refractivity (Wildman–Crippen MR) is 140 cm³/mol. The zero-order chi connectivity index (χ0) is 27.3. The molecule has 2 N–H and O–H groups in total. The molecule has 1 aromatic rings. The van der Waals surface area contributed by atoms with Crippen molar-refractivity contribution in [1.29, 1.82) is 0 Å². The molecule has 0 radical (unpaired) electrons. The molecule has 3 fully saturated rings. The molecule has 1 aromatic carbocycles. The summed E-state index contributed by atoms with van der Waals surface area (Å²) in [4.78, 5) is 44.6. The molecule has 3 aliphatic rings. The van der Waals surface area contributed by atoms with Crippen molar-refractivity contribution in [2.24, 2.45) is 17.8 Å². The number of aliphatic carboxylic acids is 1. The van der Waals surface area contributed by atoms with Gasteiger partial charge < -0.3 is 24.7 Å². The molecule has 8 heteroatoms. The van der Waals surface area contributed by atoms with Crippen molar-refractivity contribution in [3.05, 3.63) is 42.0 Å². The number of amides is 2. The Bertz CT molecular complexity index is 1080. The van der Waals surface area contributed by atoms with Crippen molar-refractivity contribution in [2.45, 2.75) is 83.6 Å². The number of benzene rings is 1. The van der Waals surface area contributed by atoms with Gasteiger partial charge in [-0.15, -0.1) is 6.58 Å². The second-order valence-electron chi connectivity index (χ2n) is 11.0. The maximum Gasteiger partial charge on any atom is 0.310 e. The smallest absolute Gasteiger partial charge is 0.310 e. The van der Waals surface area contributed by atoms with Crippen LogP contribution in [0.1, 0.15) is 57.6 Å². The minimum absolute atomic E-state index is 0.104. The van der Waals surface area contributed by atoms with Crippen LogP contribution in [0, 0.1) is 31.6 Å². The van der Waals surface area contributed by atoms with Crippen LogP contribution in [-0.2, 0) is 19.1 Å². The van der Waals surface area contributed by atoms with E-state index in [0.717, 1.165) is 16.8 Å². The van der Waals surface area contributed by atoms with Crippen molar-refractivity contribution in [1.82, 2.24) is 4.90 Å². The van der Waals surface area contributed by atoms with Crippen molar-refractivity contribution in [3.63, 3.8) is 0 Å². The third kappa shape index (κ3) is 3.83. The maximum absolute atomic E-state index is 14.7. The Morgan fingerprint density at radius 1 is 1.27 bits per heavy atom. The number of fused-ring (bicyclic) bond motifs is 1. The first-order valence-electron chi connectivity index (χ1n) is 13.4. The van der Waals surface area contributed by atoms with E-state index < -0.39 is 47.0 Å². The first-order valence-corrected chi connectivity index (χ1v) is 13.4. The molecule has 3 saturated heterocycles. The van der Waals surface area contributed by atoms with Crippen LogP contribution >= 0.6 is 0 Å². The standard InChI is InChI=1S/C29H40N2O6/c1-7-15-30(23-18(5)11-10-12-19(23)6)26(34)24-29-14-13-28(9-3,37-29)22(27(35)36)21(29)25(33)31(24)20(16-32)17(4)8-2/h7,10-12,17,20-22,24,32H,1,8-9,13-16H2,2-6H3,(H,35,36)/t17-,20-,21-,22-,24?,28+,29?/m0/s1. The number of aryl methyl sites for hydroxylation is 2. The summed E-state index contributed by atoms with van der Waals surface area (Å²) in [5.74, 6) is -3.92. The van der Waals surface area contributed by atoms with Gasteiger partial charge in [0.15, 0.2) is 0 Å². The summed E-state index contributed by atoms with van der Waals surface area (Å²) in [5.41, 5.74) is 0.321. The van der Waals surface area contributed by atoms with Crippen molar-refractivity contribution in [2.75, 3.05) is 18.1 Å². The van der Waals surface area contributed by atoms with Crippen LogP contribution in [0.5, 0.6) is 0 Å². The van der Waals surface area contributed by atoms with Gasteiger partial charge in [0.1, 0.15) is 17.6 Å². The minimum Gasteiger partial charge on any atom is -0.481 e. The minimum atomic E-state index is -1.26. The molecule has 4 rings (SSSR count). The Kier molecular flexibility index (Phi) is 7.29. The lowest BCUT2D eigenvalue weighted by molar-refractivity contribution is -0.158. The summed E-state index contributed by atoms with van der Waals surface area (Å²) in [6.07, 6.45) is 3.67. The quantitative estimate of drug-likeness (QED) is 0.465. The van der Waals surface area contributed by atoms with Crippen LogP contribution in [0.2, 0.25) is 0 Å². The number of aliphatic hydroxyl groups excluding tert-OH is 1. The van der Waals surface area contributed by atoms with E-state index in [2.05, 4.69) is 6.58 Å². The lowest BCUT2D eigenvalue weighted by Gasteiger charge is -2.41. The Hall–Kier alpha value is -2.71. The van der Waals surface area contributed by atoms with Gasteiger partial charge in [0, 0.05) is 12.2 Å². The van der Waals surface area contributed by atoms with Crippen LogP contribution in [-0.4, -0.2) is 69.3 Å². The lowest BCUT2D eigenvalue weighted by Crippen LogP contribution is -2.60. The molecule has 0 aromatic heterocycles. The van der Waals surface area contributed by atoms with Gasteiger partial charge in [0.25, 0.3) is 5.91 Å². The third-order valence-electron chi connectivity index (χ3n) is 9.25. The highest BCUT2D eigenvalue weighted by Crippen LogP contribution is 2.64. The summed E-state index contributed by atoms with van der Waals surface area (Å²) < 4.78 is 6.66. The number of carbonyl (C=O) groups excluding carboxylic acids is 2. The van der Waals surface area contributed by atoms with E-state index in [-0.39, 0.29) is 25.0 Å². The number of aliphatic hydroxyl groups is 1. The molecule has 1 spiro atoms.